The minimum atomic E-state index is -0.291. The third kappa shape index (κ3) is 2.85. The van der Waals surface area contributed by atoms with Gasteiger partial charge in [0.05, 0.1) is 0 Å². The van der Waals surface area contributed by atoms with Crippen molar-refractivity contribution >= 4 is 0 Å². The van der Waals surface area contributed by atoms with E-state index in [0.717, 1.165) is 5.56 Å². The molecule has 0 N–H and O–H groups in total. The highest BCUT2D eigenvalue weighted by Gasteiger charge is 2.07. The molecule has 4 heteroatoms. The van der Waals surface area contributed by atoms with Gasteiger partial charge in [0, 0.05) is 5.56 Å². The van der Waals surface area contributed by atoms with E-state index in [1.54, 1.807) is 12.1 Å². The largest absolute Gasteiger partial charge is 0.459 e. The molecular weight excluding hydrogens is 257 g/mol. The third-order valence-electron chi connectivity index (χ3n) is 2.80. The molecule has 0 saturated carbocycles. The fraction of sp³-hybridized carbons (Fsp3) is 0.0625. The monoisotopic (exact) mass is 269 g/mol. The summed E-state index contributed by atoms with van der Waals surface area (Å²) in [6, 6.07) is 15.7. The zero-order chi connectivity index (χ0) is 13.8. The van der Waals surface area contributed by atoms with Gasteiger partial charge in [-0.3, -0.25) is 0 Å². The second kappa shape index (κ2) is 5.57. The van der Waals surface area contributed by atoms with E-state index >= 15 is 0 Å². The average Bonchev–Trinajstić information content (AvgIpc) is 2.96. The van der Waals surface area contributed by atoms with Crippen LogP contribution in [0.5, 0.6) is 5.95 Å². The minimum absolute atomic E-state index is 0.291. The number of benzene rings is 2. The molecule has 3 aromatic rings. The number of hydrogen-bond donors (Lipinski definition) is 0. The Morgan fingerprint density at radius 1 is 1.00 bits per heavy atom. The van der Waals surface area contributed by atoms with Crippen molar-refractivity contribution in [2.45, 2.75) is 6.61 Å². The molecule has 3 rings (SSSR count). The fourth-order valence-corrected chi connectivity index (χ4v) is 1.78. The van der Waals surface area contributed by atoms with Gasteiger partial charge in [-0.1, -0.05) is 30.3 Å². The second-order valence-electron chi connectivity index (χ2n) is 4.27. The lowest BCUT2D eigenvalue weighted by Gasteiger charge is -2.01. The Morgan fingerprint density at radius 3 is 2.50 bits per heavy atom. The van der Waals surface area contributed by atoms with E-state index in [1.165, 1.54) is 18.3 Å². The molecule has 0 aliphatic rings. The summed E-state index contributed by atoms with van der Waals surface area (Å²) in [5, 5.41) is 0. The maximum atomic E-state index is 12.8. The summed E-state index contributed by atoms with van der Waals surface area (Å²) in [6.45, 7) is 0.416. The second-order valence-corrected chi connectivity index (χ2v) is 4.27. The van der Waals surface area contributed by atoms with Crippen LogP contribution < -0.4 is 4.74 Å². The third-order valence-corrected chi connectivity index (χ3v) is 2.80. The van der Waals surface area contributed by atoms with Gasteiger partial charge in [0.2, 0.25) is 5.89 Å². The lowest BCUT2D eigenvalue weighted by atomic mass is 10.2. The summed E-state index contributed by atoms with van der Waals surface area (Å²) >= 11 is 0. The van der Waals surface area contributed by atoms with Crippen molar-refractivity contribution in [2.24, 2.45) is 0 Å². The highest BCUT2D eigenvalue weighted by atomic mass is 19.1. The van der Waals surface area contributed by atoms with Crippen LogP contribution in [-0.4, -0.2) is 4.98 Å². The van der Waals surface area contributed by atoms with Gasteiger partial charge in [0.15, 0.2) is 0 Å². The molecule has 3 nitrogen and oxygen atoms in total. The fourth-order valence-electron chi connectivity index (χ4n) is 1.78. The SMILES string of the molecule is Fc1ccc(-c2ncc(OCc3ccccc3)o2)cc1. The molecule has 0 spiro atoms. The molecule has 20 heavy (non-hydrogen) atoms. The number of nitrogens with zero attached hydrogens (tertiary/aromatic N) is 1. The van der Waals surface area contributed by atoms with Gasteiger partial charge in [-0.15, -0.1) is 0 Å². The average molecular weight is 269 g/mol. The summed E-state index contributed by atoms with van der Waals surface area (Å²) in [7, 11) is 0. The molecular formula is C16H12FNO2. The summed E-state index contributed by atoms with van der Waals surface area (Å²) in [4.78, 5) is 4.11. The van der Waals surface area contributed by atoms with E-state index in [2.05, 4.69) is 4.98 Å². The summed E-state index contributed by atoms with van der Waals surface area (Å²) in [5.74, 6) is 0.460. The van der Waals surface area contributed by atoms with Crippen LogP contribution in [0, 0.1) is 5.82 Å². The van der Waals surface area contributed by atoms with Crippen molar-refractivity contribution in [3.05, 3.63) is 72.2 Å². The standard InChI is InChI=1S/C16H12FNO2/c17-14-8-6-13(7-9-14)16-18-10-15(20-16)19-11-12-4-2-1-3-5-12/h1-10H,11H2. The van der Waals surface area contributed by atoms with Crippen LogP contribution in [0.25, 0.3) is 11.5 Å². The maximum Gasteiger partial charge on any atom is 0.305 e. The van der Waals surface area contributed by atoms with Gasteiger partial charge < -0.3 is 9.15 Å². The number of halogens is 1. The van der Waals surface area contributed by atoms with Gasteiger partial charge in [0.25, 0.3) is 0 Å². The first-order chi connectivity index (χ1) is 9.81. The van der Waals surface area contributed by atoms with Crippen LogP contribution in [0.3, 0.4) is 0 Å². The van der Waals surface area contributed by atoms with E-state index in [-0.39, 0.29) is 5.82 Å². The van der Waals surface area contributed by atoms with Crippen LogP contribution in [0.15, 0.2) is 65.2 Å². The van der Waals surface area contributed by atoms with Crippen molar-refractivity contribution in [1.29, 1.82) is 0 Å². The van der Waals surface area contributed by atoms with Gasteiger partial charge in [-0.2, -0.15) is 0 Å². The first-order valence-electron chi connectivity index (χ1n) is 6.20. The normalized spacial score (nSPS) is 10.4. The molecule has 0 bridgehead atoms. The number of rotatable bonds is 4. The molecule has 1 aromatic heterocycles. The van der Waals surface area contributed by atoms with Crippen LogP contribution in [-0.2, 0) is 6.61 Å². The molecule has 2 aromatic carbocycles. The smallest absolute Gasteiger partial charge is 0.305 e. The van der Waals surface area contributed by atoms with Crippen LogP contribution in [0.4, 0.5) is 4.39 Å². The minimum Gasteiger partial charge on any atom is -0.459 e. The lowest BCUT2D eigenvalue weighted by molar-refractivity contribution is 0.235. The van der Waals surface area contributed by atoms with Crippen LogP contribution in [0.1, 0.15) is 5.56 Å². The number of hydrogen-bond acceptors (Lipinski definition) is 3. The zero-order valence-corrected chi connectivity index (χ0v) is 10.6. The summed E-state index contributed by atoms with van der Waals surface area (Å²) in [6.07, 6.45) is 1.52. The van der Waals surface area contributed by atoms with Gasteiger partial charge in [0.1, 0.15) is 18.6 Å². The van der Waals surface area contributed by atoms with E-state index < -0.39 is 0 Å². The van der Waals surface area contributed by atoms with Crippen molar-refractivity contribution in [2.75, 3.05) is 0 Å². The Morgan fingerprint density at radius 2 is 1.75 bits per heavy atom. The molecule has 0 unspecified atom stereocenters. The number of ether oxygens (including phenoxy) is 1. The Labute approximate surface area is 115 Å². The van der Waals surface area contributed by atoms with Crippen molar-refractivity contribution in [3.63, 3.8) is 0 Å². The van der Waals surface area contributed by atoms with Crippen molar-refractivity contribution in [1.82, 2.24) is 4.98 Å². The van der Waals surface area contributed by atoms with Gasteiger partial charge in [-0.25, -0.2) is 9.37 Å². The van der Waals surface area contributed by atoms with E-state index in [4.69, 9.17) is 9.15 Å². The first-order valence-corrected chi connectivity index (χ1v) is 6.20. The summed E-state index contributed by atoms with van der Waals surface area (Å²) < 4.78 is 23.8. The zero-order valence-electron chi connectivity index (χ0n) is 10.6. The van der Waals surface area contributed by atoms with Crippen LogP contribution >= 0.6 is 0 Å². The first kappa shape index (κ1) is 12.4. The molecule has 0 saturated heterocycles. The van der Waals surface area contributed by atoms with Crippen molar-refractivity contribution < 1.29 is 13.5 Å². The highest BCUT2D eigenvalue weighted by molar-refractivity contribution is 5.52. The molecule has 0 radical (unpaired) electrons. The Kier molecular flexibility index (Phi) is 3.46. The molecule has 0 fully saturated rings. The van der Waals surface area contributed by atoms with E-state index in [0.29, 0.717) is 24.0 Å². The molecule has 0 aliphatic carbocycles. The molecule has 1 heterocycles. The molecule has 0 aliphatic heterocycles. The van der Waals surface area contributed by atoms with E-state index in [1.807, 2.05) is 30.3 Å². The van der Waals surface area contributed by atoms with E-state index in [9.17, 15) is 4.39 Å². The number of aromatic nitrogens is 1. The maximum absolute atomic E-state index is 12.8. The highest BCUT2D eigenvalue weighted by Crippen LogP contribution is 2.23. The van der Waals surface area contributed by atoms with Gasteiger partial charge >= 0.3 is 5.95 Å². The predicted molar refractivity (Wildman–Crippen MR) is 72.7 cm³/mol. The number of oxazole rings is 1. The molecule has 0 atom stereocenters. The Balaban J connectivity index is 1.69. The summed E-state index contributed by atoms with van der Waals surface area (Å²) in [5.41, 5.74) is 1.76. The quantitative estimate of drug-likeness (QED) is 0.716. The van der Waals surface area contributed by atoms with Crippen molar-refractivity contribution in [3.8, 4) is 17.4 Å². The van der Waals surface area contributed by atoms with Gasteiger partial charge in [-0.05, 0) is 29.8 Å². The Hall–Kier alpha value is -2.62. The molecule has 100 valence electrons. The molecule has 0 amide bonds. The lowest BCUT2D eigenvalue weighted by Crippen LogP contribution is -1.93. The predicted octanol–water partition coefficient (Wildman–Crippen LogP) is 4.06. The Bertz CT molecular complexity index is 677. The van der Waals surface area contributed by atoms with Crippen LogP contribution in [0.2, 0.25) is 0 Å². The topological polar surface area (TPSA) is 35.3 Å².